The third-order valence-corrected chi connectivity index (χ3v) is 3.09. The summed E-state index contributed by atoms with van der Waals surface area (Å²) in [5, 5.41) is 9.86. The van der Waals surface area contributed by atoms with Crippen LogP contribution in [0.3, 0.4) is 0 Å². The second kappa shape index (κ2) is 7.20. The molecule has 0 saturated carbocycles. The number of aryl methyl sites for hydroxylation is 1. The second-order valence-corrected chi connectivity index (χ2v) is 5.04. The van der Waals surface area contributed by atoms with Crippen LogP contribution in [0.1, 0.15) is 45.9 Å². The monoisotopic (exact) mass is 271 g/mol. The minimum absolute atomic E-state index is 0.691. The lowest BCUT2D eigenvalue weighted by atomic mass is 10.0. The Morgan fingerprint density at radius 3 is 1.90 bits per heavy atom. The molecule has 0 aliphatic carbocycles. The van der Waals surface area contributed by atoms with Gasteiger partial charge in [0.05, 0.1) is 5.69 Å². The van der Waals surface area contributed by atoms with E-state index in [2.05, 4.69) is 36.2 Å². The van der Waals surface area contributed by atoms with E-state index in [0.29, 0.717) is 5.69 Å². The Balaban J connectivity index is 0.000000956. The zero-order chi connectivity index (χ0) is 15.2. The van der Waals surface area contributed by atoms with Gasteiger partial charge in [0.25, 0.3) is 0 Å². The summed E-state index contributed by atoms with van der Waals surface area (Å²) >= 11 is 0. The van der Waals surface area contributed by atoms with Gasteiger partial charge in [0, 0.05) is 11.8 Å². The minimum atomic E-state index is -0.884. The number of pyridine rings is 1. The first kappa shape index (κ1) is 16.4. The maximum atomic E-state index is 9.86. The Kier molecular flexibility index (Phi) is 5.90. The van der Waals surface area contributed by atoms with E-state index in [9.17, 15) is 5.11 Å². The summed E-state index contributed by atoms with van der Waals surface area (Å²) in [6, 6.07) is 12.4. The van der Waals surface area contributed by atoms with Crippen molar-refractivity contribution < 1.29 is 5.11 Å². The third kappa shape index (κ3) is 4.17. The molecule has 0 unspecified atom stereocenters. The number of nitrogens with zero attached hydrogens (tertiary/aromatic N) is 1. The van der Waals surface area contributed by atoms with Crippen molar-refractivity contribution in [2.24, 2.45) is 0 Å². The van der Waals surface area contributed by atoms with Gasteiger partial charge in [-0.15, -0.1) is 0 Å². The zero-order valence-corrected chi connectivity index (χ0v) is 13.1. The van der Waals surface area contributed by atoms with Crippen LogP contribution in [-0.4, -0.2) is 10.1 Å². The normalized spacial score (nSPS) is 10.7. The fourth-order valence-electron chi connectivity index (χ4n) is 1.86. The molecule has 0 aliphatic rings. The maximum absolute atomic E-state index is 9.86. The molecule has 0 saturated heterocycles. The Hall–Kier alpha value is -1.67. The molecular formula is C18H25NO. The smallest absolute Gasteiger partial charge is 0.101 e. The summed E-state index contributed by atoms with van der Waals surface area (Å²) < 4.78 is 0. The average Bonchev–Trinajstić information content (AvgIpc) is 2.49. The van der Waals surface area contributed by atoms with Gasteiger partial charge in [-0.05, 0) is 37.5 Å². The number of hydrogen-bond donors (Lipinski definition) is 1. The molecule has 0 amide bonds. The van der Waals surface area contributed by atoms with E-state index in [1.807, 2.05) is 32.2 Å². The first-order valence-electron chi connectivity index (χ1n) is 7.29. The van der Waals surface area contributed by atoms with Gasteiger partial charge >= 0.3 is 0 Å². The highest BCUT2D eigenvalue weighted by Gasteiger charge is 2.17. The number of rotatable bonds is 3. The van der Waals surface area contributed by atoms with Crippen molar-refractivity contribution in [3.05, 3.63) is 53.9 Å². The predicted molar refractivity (Wildman–Crippen MR) is 85.6 cm³/mol. The molecule has 0 bridgehead atoms. The van der Waals surface area contributed by atoms with Gasteiger partial charge < -0.3 is 5.11 Å². The predicted octanol–water partition coefficient (Wildman–Crippen LogP) is 4.56. The van der Waals surface area contributed by atoms with E-state index in [-0.39, 0.29) is 0 Å². The quantitative estimate of drug-likeness (QED) is 0.887. The highest BCUT2D eigenvalue weighted by atomic mass is 16.3. The van der Waals surface area contributed by atoms with E-state index in [4.69, 9.17) is 0 Å². The minimum Gasteiger partial charge on any atom is -0.384 e. The van der Waals surface area contributed by atoms with Crippen molar-refractivity contribution in [3.8, 4) is 11.1 Å². The molecule has 108 valence electrons. The zero-order valence-electron chi connectivity index (χ0n) is 13.1. The van der Waals surface area contributed by atoms with Gasteiger partial charge in [-0.1, -0.05) is 51.1 Å². The molecule has 2 rings (SSSR count). The largest absolute Gasteiger partial charge is 0.384 e. The SMILES string of the molecule is CC.CCc1ccc(-c2ccc(C(C)(C)O)nc2)cc1. The lowest BCUT2D eigenvalue weighted by Gasteiger charge is -2.16. The maximum Gasteiger partial charge on any atom is 0.101 e. The molecule has 0 spiro atoms. The van der Waals surface area contributed by atoms with Crippen molar-refractivity contribution in [3.63, 3.8) is 0 Å². The van der Waals surface area contributed by atoms with Crippen LogP contribution in [0.25, 0.3) is 11.1 Å². The van der Waals surface area contributed by atoms with E-state index < -0.39 is 5.60 Å². The topological polar surface area (TPSA) is 33.1 Å². The van der Waals surface area contributed by atoms with Crippen LogP contribution in [0.2, 0.25) is 0 Å². The van der Waals surface area contributed by atoms with Crippen LogP contribution in [0, 0.1) is 0 Å². The first-order chi connectivity index (χ1) is 9.50. The molecule has 2 nitrogen and oxygen atoms in total. The van der Waals surface area contributed by atoms with E-state index in [1.54, 1.807) is 13.8 Å². The van der Waals surface area contributed by atoms with Gasteiger partial charge in [0.15, 0.2) is 0 Å². The third-order valence-electron chi connectivity index (χ3n) is 3.09. The molecule has 0 fully saturated rings. The van der Waals surface area contributed by atoms with Crippen molar-refractivity contribution in [2.45, 2.75) is 46.6 Å². The summed E-state index contributed by atoms with van der Waals surface area (Å²) in [7, 11) is 0. The lowest BCUT2D eigenvalue weighted by Crippen LogP contribution is -2.17. The van der Waals surface area contributed by atoms with Crippen LogP contribution in [0.4, 0.5) is 0 Å². The highest BCUT2D eigenvalue weighted by molar-refractivity contribution is 5.62. The molecule has 0 atom stereocenters. The van der Waals surface area contributed by atoms with Crippen LogP contribution in [-0.2, 0) is 12.0 Å². The Bertz CT molecular complexity index is 507. The van der Waals surface area contributed by atoms with Gasteiger partial charge in [-0.2, -0.15) is 0 Å². The fraction of sp³-hybridized carbons (Fsp3) is 0.389. The lowest BCUT2D eigenvalue weighted by molar-refractivity contribution is 0.0739. The van der Waals surface area contributed by atoms with Gasteiger partial charge in [-0.3, -0.25) is 4.98 Å². The summed E-state index contributed by atoms with van der Waals surface area (Å²) in [5.74, 6) is 0. The molecule has 20 heavy (non-hydrogen) atoms. The fourth-order valence-corrected chi connectivity index (χ4v) is 1.86. The summed E-state index contributed by atoms with van der Waals surface area (Å²) in [5.41, 5.74) is 3.37. The van der Waals surface area contributed by atoms with Gasteiger partial charge in [0.1, 0.15) is 5.60 Å². The van der Waals surface area contributed by atoms with Gasteiger partial charge in [-0.25, -0.2) is 0 Å². The number of aliphatic hydroxyl groups is 1. The van der Waals surface area contributed by atoms with Crippen LogP contribution >= 0.6 is 0 Å². The van der Waals surface area contributed by atoms with Crippen molar-refractivity contribution in [1.29, 1.82) is 0 Å². The first-order valence-corrected chi connectivity index (χ1v) is 7.29. The molecular weight excluding hydrogens is 246 g/mol. The standard InChI is InChI=1S/C16H19NO.C2H6/c1-4-12-5-7-13(8-6-12)14-9-10-15(17-11-14)16(2,3)18;1-2/h5-11,18H,4H2,1-3H3;1-2H3. The Morgan fingerprint density at radius 1 is 0.950 bits per heavy atom. The number of hydrogen-bond acceptors (Lipinski definition) is 2. The Labute approximate surface area is 122 Å². The molecule has 1 aromatic carbocycles. The van der Waals surface area contributed by atoms with Gasteiger partial charge in [0.2, 0.25) is 0 Å². The molecule has 0 radical (unpaired) electrons. The second-order valence-electron chi connectivity index (χ2n) is 5.04. The van der Waals surface area contributed by atoms with Crippen molar-refractivity contribution in [2.75, 3.05) is 0 Å². The van der Waals surface area contributed by atoms with Crippen LogP contribution < -0.4 is 0 Å². The van der Waals surface area contributed by atoms with Crippen LogP contribution in [0.5, 0.6) is 0 Å². The average molecular weight is 271 g/mol. The number of benzene rings is 1. The summed E-state index contributed by atoms with van der Waals surface area (Å²) in [6.07, 6.45) is 2.87. The van der Waals surface area contributed by atoms with E-state index in [0.717, 1.165) is 17.5 Å². The van der Waals surface area contributed by atoms with Crippen molar-refractivity contribution in [1.82, 2.24) is 4.98 Å². The highest BCUT2D eigenvalue weighted by Crippen LogP contribution is 2.22. The molecule has 2 aromatic rings. The Morgan fingerprint density at radius 2 is 1.50 bits per heavy atom. The molecule has 1 N–H and O–H groups in total. The van der Waals surface area contributed by atoms with Crippen LogP contribution in [0.15, 0.2) is 42.6 Å². The number of aromatic nitrogens is 1. The van der Waals surface area contributed by atoms with Crippen molar-refractivity contribution >= 4 is 0 Å². The molecule has 0 aliphatic heterocycles. The molecule has 2 heteroatoms. The van der Waals surface area contributed by atoms with E-state index >= 15 is 0 Å². The molecule has 1 aromatic heterocycles. The van der Waals surface area contributed by atoms with E-state index in [1.165, 1.54) is 5.56 Å². The summed E-state index contributed by atoms with van der Waals surface area (Å²) in [6.45, 7) is 9.63. The summed E-state index contributed by atoms with van der Waals surface area (Å²) in [4.78, 5) is 4.32. The molecule has 1 heterocycles.